The first-order valence-corrected chi connectivity index (χ1v) is 8.69. The van der Waals surface area contributed by atoms with Crippen LogP contribution in [0.1, 0.15) is 35.3 Å². The number of pyridine rings is 2. The van der Waals surface area contributed by atoms with Gasteiger partial charge in [0, 0.05) is 41.5 Å². The first-order chi connectivity index (χ1) is 13.6. The first-order valence-electron chi connectivity index (χ1n) is 8.69. The van der Waals surface area contributed by atoms with Gasteiger partial charge < -0.3 is 0 Å². The van der Waals surface area contributed by atoms with Gasteiger partial charge >= 0.3 is 0 Å². The van der Waals surface area contributed by atoms with E-state index in [4.69, 9.17) is 0 Å². The quantitative estimate of drug-likeness (QED) is 0.512. The second kappa shape index (κ2) is 9.18. The Hall–Kier alpha value is -3.87. The van der Waals surface area contributed by atoms with E-state index in [1.807, 2.05) is 44.2 Å². The van der Waals surface area contributed by atoms with Crippen LogP contribution in [0.3, 0.4) is 0 Å². The molecule has 0 unspecified atom stereocenters. The highest BCUT2D eigenvalue weighted by Gasteiger charge is 2.06. The number of nitrogens with zero attached hydrogens (tertiary/aromatic N) is 4. The van der Waals surface area contributed by atoms with Gasteiger partial charge in [-0.05, 0) is 56.3 Å². The first kappa shape index (κ1) is 18.9. The molecule has 1 aromatic carbocycles. The molecular formula is C21H20N6O. The van der Waals surface area contributed by atoms with Crippen LogP contribution in [0.4, 0.5) is 5.69 Å². The summed E-state index contributed by atoms with van der Waals surface area (Å²) in [7, 11) is 0. The van der Waals surface area contributed by atoms with Gasteiger partial charge in [-0.15, -0.1) is 0 Å². The average Bonchev–Trinajstić information content (AvgIpc) is 2.77. The maximum absolute atomic E-state index is 12.4. The average molecular weight is 372 g/mol. The Morgan fingerprint density at radius 1 is 0.786 bits per heavy atom. The topological polar surface area (TPSA) is 91.6 Å². The van der Waals surface area contributed by atoms with Crippen molar-refractivity contribution in [2.45, 2.75) is 13.8 Å². The van der Waals surface area contributed by atoms with Crippen LogP contribution in [0, 0.1) is 0 Å². The van der Waals surface area contributed by atoms with Crippen LogP contribution in [0.5, 0.6) is 0 Å². The number of carbonyl (C=O) groups excluding carboxylic acids is 1. The van der Waals surface area contributed by atoms with Crippen molar-refractivity contribution < 1.29 is 4.79 Å². The molecule has 0 spiro atoms. The molecule has 0 aliphatic carbocycles. The predicted molar refractivity (Wildman–Crippen MR) is 110 cm³/mol. The van der Waals surface area contributed by atoms with Gasteiger partial charge in [0.2, 0.25) is 0 Å². The van der Waals surface area contributed by atoms with Gasteiger partial charge in [0.25, 0.3) is 5.91 Å². The standard InChI is InChI=1S/C21H20N6O/c1-15(17-6-10-22-11-7-17)24-26-20-5-3-4-19(14-20)21(28)27-25-16(2)18-8-12-23-13-9-18/h3-14,26H,1-2H3,(H,27,28)/b24-15-,25-16-. The van der Waals surface area contributed by atoms with Crippen molar-refractivity contribution in [2.24, 2.45) is 10.2 Å². The Labute approximate surface area is 163 Å². The van der Waals surface area contributed by atoms with E-state index in [2.05, 4.69) is 31.0 Å². The van der Waals surface area contributed by atoms with Gasteiger partial charge in [0.05, 0.1) is 17.1 Å². The van der Waals surface area contributed by atoms with Gasteiger partial charge in [-0.2, -0.15) is 10.2 Å². The van der Waals surface area contributed by atoms with Crippen molar-refractivity contribution in [3.63, 3.8) is 0 Å². The van der Waals surface area contributed by atoms with Crippen molar-refractivity contribution in [3.8, 4) is 0 Å². The molecule has 0 bridgehead atoms. The highest BCUT2D eigenvalue weighted by molar-refractivity contribution is 6.01. The number of benzene rings is 1. The molecule has 3 aromatic rings. The number of nitrogens with one attached hydrogen (secondary N) is 2. The third-order valence-corrected chi connectivity index (χ3v) is 4.00. The van der Waals surface area contributed by atoms with Crippen molar-refractivity contribution >= 4 is 23.0 Å². The Balaban J connectivity index is 1.66. The lowest BCUT2D eigenvalue weighted by Crippen LogP contribution is -2.19. The fourth-order valence-electron chi connectivity index (χ4n) is 2.39. The molecule has 7 nitrogen and oxygen atoms in total. The van der Waals surface area contributed by atoms with E-state index in [9.17, 15) is 4.79 Å². The smallest absolute Gasteiger partial charge is 0.271 e. The number of anilines is 1. The van der Waals surface area contributed by atoms with Crippen molar-refractivity contribution in [3.05, 3.63) is 90.0 Å². The molecule has 0 fully saturated rings. The molecule has 7 heteroatoms. The summed E-state index contributed by atoms with van der Waals surface area (Å²) in [6.07, 6.45) is 6.79. The molecule has 2 aromatic heterocycles. The maximum Gasteiger partial charge on any atom is 0.271 e. The van der Waals surface area contributed by atoms with E-state index in [0.29, 0.717) is 17.0 Å². The summed E-state index contributed by atoms with van der Waals surface area (Å²) < 4.78 is 0. The van der Waals surface area contributed by atoms with Gasteiger partial charge in [-0.1, -0.05) is 6.07 Å². The van der Waals surface area contributed by atoms with Crippen molar-refractivity contribution in [1.29, 1.82) is 0 Å². The lowest BCUT2D eigenvalue weighted by Gasteiger charge is -2.06. The zero-order valence-electron chi connectivity index (χ0n) is 15.6. The minimum absolute atomic E-state index is 0.299. The molecular weight excluding hydrogens is 352 g/mol. The predicted octanol–water partition coefficient (Wildman–Crippen LogP) is 3.47. The van der Waals surface area contributed by atoms with Crippen LogP contribution in [-0.2, 0) is 0 Å². The Kier molecular flexibility index (Phi) is 6.20. The number of carbonyl (C=O) groups is 1. The number of aromatic nitrogens is 2. The third kappa shape index (κ3) is 5.07. The van der Waals surface area contributed by atoms with E-state index >= 15 is 0 Å². The van der Waals surface area contributed by atoms with Gasteiger partial charge in [0.1, 0.15) is 0 Å². The molecule has 28 heavy (non-hydrogen) atoms. The van der Waals surface area contributed by atoms with Crippen LogP contribution >= 0.6 is 0 Å². The Morgan fingerprint density at radius 2 is 1.36 bits per heavy atom. The van der Waals surface area contributed by atoms with E-state index in [1.54, 1.807) is 43.0 Å². The SMILES string of the molecule is C/C(=N/NC(=O)c1cccc(N/N=C(/C)c2ccncc2)c1)c1ccncc1. The van der Waals surface area contributed by atoms with Crippen LogP contribution in [0.15, 0.2) is 83.5 Å². The lowest BCUT2D eigenvalue weighted by atomic mass is 10.2. The second-order valence-corrected chi connectivity index (χ2v) is 6.00. The Bertz CT molecular complexity index is 1000. The van der Waals surface area contributed by atoms with E-state index in [-0.39, 0.29) is 5.91 Å². The molecule has 0 aliphatic rings. The van der Waals surface area contributed by atoms with Gasteiger partial charge in [0.15, 0.2) is 0 Å². The molecule has 2 N–H and O–H groups in total. The zero-order valence-corrected chi connectivity index (χ0v) is 15.6. The summed E-state index contributed by atoms with van der Waals surface area (Å²) in [6, 6.07) is 14.5. The molecule has 0 saturated carbocycles. The third-order valence-electron chi connectivity index (χ3n) is 4.00. The summed E-state index contributed by atoms with van der Waals surface area (Å²) in [6.45, 7) is 3.72. The van der Waals surface area contributed by atoms with Gasteiger partial charge in [-0.25, -0.2) is 5.43 Å². The normalized spacial score (nSPS) is 11.8. The monoisotopic (exact) mass is 372 g/mol. The van der Waals surface area contributed by atoms with Crippen molar-refractivity contribution in [1.82, 2.24) is 15.4 Å². The number of hydrogen-bond donors (Lipinski definition) is 2. The molecule has 0 atom stereocenters. The summed E-state index contributed by atoms with van der Waals surface area (Å²) in [5.74, 6) is -0.299. The number of hydrazone groups is 2. The molecule has 3 rings (SSSR count). The minimum Gasteiger partial charge on any atom is -0.278 e. The Morgan fingerprint density at radius 3 is 1.96 bits per heavy atom. The van der Waals surface area contributed by atoms with E-state index in [1.165, 1.54) is 0 Å². The highest BCUT2D eigenvalue weighted by atomic mass is 16.2. The molecule has 2 heterocycles. The second-order valence-electron chi connectivity index (χ2n) is 6.00. The van der Waals surface area contributed by atoms with Crippen molar-refractivity contribution in [2.75, 3.05) is 5.43 Å². The molecule has 0 aliphatic heterocycles. The van der Waals surface area contributed by atoms with Crippen LogP contribution in [0.25, 0.3) is 0 Å². The molecule has 0 saturated heterocycles. The summed E-state index contributed by atoms with van der Waals surface area (Å²) in [5, 5.41) is 8.50. The zero-order chi connectivity index (χ0) is 19.8. The fourth-order valence-corrected chi connectivity index (χ4v) is 2.39. The lowest BCUT2D eigenvalue weighted by molar-refractivity contribution is 0.0955. The van der Waals surface area contributed by atoms with E-state index in [0.717, 1.165) is 16.8 Å². The van der Waals surface area contributed by atoms with E-state index < -0.39 is 0 Å². The fraction of sp³-hybridized carbons (Fsp3) is 0.0952. The molecule has 0 radical (unpaired) electrons. The maximum atomic E-state index is 12.4. The summed E-state index contributed by atoms with van der Waals surface area (Å²) in [4.78, 5) is 20.4. The molecule has 1 amide bonds. The molecule has 140 valence electrons. The largest absolute Gasteiger partial charge is 0.278 e. The minimum atomic E-state index is -0.299. The van der Waals surface area contributed by atoms with Gasteiger partial charge in [-0.3, -0.25) is 20.2 Å². The highest BCUT2D eigenvalue weighted by Crippen LogP contribution is 2.11. The van der Waals surface area contributed by atoms with Crippen LogP contribution in [0.2, 0.25) is 0 Å². The number of rotatable bonds is 6. The summed E-state index contributed by atoms with van der Waals surface area (Å²) in [5.41, 5.74) is 10.1. The van der Waals surface area contributed by atoms with Crippen LogP contribution in [-0.4, -0.2) is 27.3 Å². The summed E-state index contributed by atoms with van der Waals surface area (Å²) >= 11 is 0. The number of amides is 1. The number of hydrogen-bond acceptors (Lipinski definition) is 6. The van der Waals surface area contributed by atoms with Crippen LogP contribution < -0.4 is 10.9 Å².